The first-order chi connectivity index (χ1) is 12.4. The fourth-order valence-corrected chi connectivity index (χ4v) is 4.41. The van der Waals surface area contributed by atoms with Gasteiger partial charge in [-0.15, -0.1) is 11.3 Å². The zero-order valence-corrected chi connectivity index (χ0v) is 16.4. The van der Waals surface area contributed by atoms with E-state index in [1.165, 1.54) is 11.3 Å². The monoisotopic (exact) mass is 376 g/mol. The third-order valence-electron chi connectivity index (χ3n) is 4.80. The number of aryl methyl sites for hydroxylation is 3. The molecule has 0 unspecified atom stereocenters. The van der Waals surface area contributed by atoms with Crippen LogP contribution in [0.25, 0.3) is 0 Å². The molecule has 0 saturated carbocycles. The summed E-state index contributed by atoms with van der Waals surface area (Å²) in [5, 5.41) is 7.81. The number of nitrogens with zero attached hydrogens (tertiary/aromatic N) is 3. The van der Waals surface area contributed by atoms with Gasteiger partial charge in [-0.1, -0.05) is 0 Å². The number of thiazole rings is 1. The van der Waals surface area contributed by atoms with Gasteiger partial charge in [0.2, 0.25) is 5.91 Å². The number of fused-ring (bicyclic) bond motifs is 1. The molecule has 26 heavy (non-hydrogen) atoms. The maximum absolute atomic E-state index is 12.3. The number of esters is 1. The van der Waals surface area contributed by atoms with Gasteiger partial charge < -0.3 is 10.1 Å². The van der Waals surface area contributed by atoms with E-state index in [0.29, 0.717) is 24.6 Å². The lowest BCUT2D eigenvalue weighted by Gasteiger charge is -2.08. The number of carbonyl (C=O) groups is 2. The molecule has 1 aliphatic carbocycles. The molecule has 0 saturated heterocycles. The van der Waals surface area contributed by atoms with Crippen molar-refractivity contribution >= 4 is 28.3 Å². The molecule has 140 valence electrons. The van der Waals surface area contributed by atoms with Gasteiger partial charge in [-0.25, -0.2) is 4.98 Å². The molecule has 1 aliphatic rings. The fourth-order valence-electron chi connectivity index (χ4n) is 3.35. The molecule has 1 amide bonds. The van der Waals surface area contributed by atoms with E-state index in [9.17, 15) is 9.59 Å². The fraction of sp³-hybridized carbons (Fsp3) is 0.556. The van der Waals surface area contributed by atoms with Crippen molar-refractivity contribution in [3.63, 3.8) is 0 Å². The van der Waals surface area contributed by atoms with Crippen LogP contribution in [0.3, 0.4) is 0 Å². The van der Waals surface area contributed by atoms with Crippen LogP contribution in [0.4, 0.5) is 5.13 Å². The molecular weight excluding hydrogens is 352 g/mol. The summed E-state index contributed by atoms with van der Waals surface area (Å²) in [6.07, 6.45) is 2.56. The van der Waals surface area contributed by atoms with Crippen molar-refractivity contribution in [2.75, 3.05) is 11.9 Å². The Kier molecular flexibility index (Phi) is 5.41. The van der Waals surface area contributed by atoms with Gasteiger partial charge in [0.25, 0.3) is 0 Å². The maximum atomic E-state index is 12.3. The van der Waals surface area contributed by atoms with Crippen molar-refractivity contribution in [3.05, 3.63) is 27.5 Å². The quantitative estimate of drug-likeness (QED) is 0.783. The number of ether oxygens (including phenoxy) is 1. The van der Waals surface area contributed by atoms with Crippen molar-refractivity contribution in [2.24, 2.45) is 7.05 Å². The minimum absolute atomic E-state index is 0.0761. The molecule has 8 heteroatoms. The van der Waals surface area contributed by atoms with E-state index < -0.39 is 0 Å². The predicted molar refractivity (Wildman–Crippen MR) is 99.4 cm³/mol. The molecule has 1 N–H and O–H groups in total. The van der Waals surface area contributed by atoms with Gasteiger partial charge in [0, 0.05) is 24.0 Å². The molecule has 2 aromatic heterocycles. The average molecular weight is 376 g/mol. The maximum Gasteiger partial charge on any atom is 0.315 e. The predicted octanol–water partition coefficient (Wildman–Crippen LogP) is 2.66. The van der Waals surface area contributed by atoms with Crippen molar-refractivity contribution in [3.8, 4) is 0 Å². The van der Waals surface area contributed by atoms with Crippen molar-refractivity contribution in [1.82, 2.24) is 14.8 Å². The number of carbonyl (C=O) groups excluding carboxylic acids is 2. The summed E-state index contributed by atoms with van der Waals surface area (Å²) < 4.78 is 6.95. The van der Waals surface area contributed by atoms with Crippen LogP contribution < -0.4 is 5.32 Å². The third kappa shape index (κ3) is 3.65. The van der Waals surface area contributed by atoms with Gasteiger partial charge in [-0.2, -0.15) is 5.10 Å². The molecule has 0 radical (unpaired) electrons. The topological polar surface area (TPSA) is 86.1 Å². The van der Waals surface area contributed by atoms with Crippen LogP contribution in [0.5, 0.6) is 0 Å². The molecule has 2 heterocycles. The molecular formula is C18H24N4O3S. The lowest BCUT2D eigenvalue weighted by atomic mass is 10.1. The zero-order valence-electron chi connectivity index (χ0n) is 15.6. The lowest BCUT2D eigenvalue weighted by molar-refractivity contribution is -0.145. The highest BCUT2D eigenvalue weighted by atomic mass is 32.1. The summed E-state index contributed by atoms with van der Waals surface area (Å²) in [5.41, 5.74) is 3.93. The first-order valence-electron chi connectivity index (χ1n) is 8.85. The van der Waals surface area contributed by atoms with E-state index >= 15 is 0 Å². The second kappa shape index (κ2) is 7.57. The normalized spacial score (nSPS) is 15.8. The van der Waals surface area contributed by atoms with Crippen LogP contribution >= 0.6 is 11.3 Å². The third-order valence-corrected chi connectivity index (χ3v) is 5.84. The largest absolute Gasteiger partial charge is 0.465 e. The Balaban J connectivity index is 1.61. The number of amides is 1. The minimum Gasteiger partial charge on any atom is -0.465 e. The molecule has 1 atom stereocenters. The van der Waals surface area contributed by atoms with Crippen LogP contribution in [0, 0.1) is 13.8 Å². The minimum atomic E-state index is -0.299. The number of hydrogen-bond donors (Lipinski definition) is 1. The number of anilines is 1. The molecule has 0 aromatic carbocycles. The van der Waals surface area contributed by atoms with Gasteiger partial charge in [0.05, 0.1) is 18.0 Å². The Bertz CT molecular complexity index is 840. The van der Waals surface area contributed by atoms with Gasteiger partial charge in [-0.3, -0.25) is 14.3 Å². The van der Waals surface area contributed by atoms with Crippen LogP contribution in [-0.4, -0.2) is 33.2 Å². The number of rotatable bonds is 6. The van der Waals surface area contributed by atoms with Crippen LogP contribution in [0.2, 0.25) is 0 Å². The van der Waals surface area contributed by atoms with E-state index in [1.807, 2.05) is 25.6 Å². The molecule has 3 rings (SSSR count). The average Bonchev–Trinajstić information content (AvgIpc) is 3.20. The Morgan fingerprint density at radius 3 is 2.81 bits per heavy atom. The Labute approximate surface area is 156 Å². The SMILES string of the molecule is CCOC(=O)[C@@H]1CCc2sc(NC(=O)CCc3c(C)nn(C)c3C)nc21. The molecule has 0 aliphatic heterocycles. The second-order valence-electron chi connectivity index (χ2n) is 6.49. The van der Waals surface area contributed by atoms with E-state index in [-0.39, 0.29) is 17.8 Å². The van der Waals surface area contributed by atoms with Gasteiger partial charge in [-0.05, 0) is 45.6 Å². The van der Waals surface area contributed by atoms with E-state index in [4.69, 9.17) is 4.74 Å². The number of nitrogens with one attached hydrogen (secondary N) is 1. The van der Waals surface area contributed by atoms with Crippen LogP contribution in [-0.2, 0) is 34.2 Å². The number of hydrogen-bond acceptors (Lipinski definition) is 6. The van der Waals surface area contributed by atoms with E-state index in [1.54, 1.807) is 6.92 Å². The summed E-state index contributed by atoms with van der Waals surface area (Å²) in [4.78, 5) is 29.9. The summed E-state index contributed by atoms with van der Waals surface area (Å²) in [7, 11) is 1.91. The highest BCUT2D eigenvalue weighted by Gasteiger charge is 2.33. The highest BCUT2D eigenvalue weighted by molar-refractivity contribution is 7.16. The standard InChI is InChI=1S/C18H24N4O3S/c1-5-25-17(24)13-6-8-14-16(13)20-18(26-14)19-15(23)9-7-12-10(2)21-22(4)11(12)3/h13H,5-9H2,1-4H3,(H,19,20,23)/t13-/m1/s1. The zero-order chi connectivity index (χ0) is 18.8. The van der Waals surface area contributed by atoms with Gasteiger partial charge >= 0.3 is 5.97 Å². The summed E-state index contributed by atoms with van der Waals surface area (Å²) >= 11 is 1.45. The van der Waals surface area contributed by atoms with Gasteiger partial charge in [0.15, 0.2) is 5.13 Å². The molecule has 7 nitrogen and oxygen atoms in total. The summed E-state index contributed by atoms with van der Waals surface area (Å²) in [6.45, 7) is 6.13. The smallest absolute Gasteiger partial charge is 0.315 e. The molecule has 0 fully saturated rings. The van der Waals surface area contributed by atoms with Crippen molar-refractivity contribution in [1.29, 1.82) is 0 Å². The van der Waals surface area contributed by atoms with E-state index in [2.05, 4.69) is 15.4 Å². The van der Waals surface area contributed by atoms with E-state index in [0.717, 1.165) is 40.4 Å². The highest BCUT2D eigenvalue weighted by Crippen LogP contribution is 2.39. The second-order valence-corrected chi connectivity index (χ2v) is 7.58. The van der Waals surface area contributed by atoms with Crippen LogP contribution in [0.15, 0.2) is 0 Å². The molecule has 2 aromatic rings. The Morgan fingerprint density at radius 2 is 2.15 bits per heavy atom. The molecule has 0 bridgehead atoms. The van der Waals surface area contributed by atoms with Crippen molar-refractivity contribution < 1.29 is 14.3 Å². The Morgan fingerprint density at radius 1 is 1.38 bits per heavy atom. The first kappa shape index (κ1) is 18.6. The summed E-state index contributed by atoms with van der Waals surface area (Å²) in [5.74, 6) is -0.600. The summed E-state index contributed by atoms with van der Waals surface area (Å²) in [6, 6.07) is 0. The lowest BCUT2D eigenvalue weighted by Crippen LogP contribution is -2.15. The van der Waals surface area contributed by atoms with Crippen LogP contribution in [0.1, 0.15) is 53.2 Å². The number of aromatic nitrogens is 3. The van der Waals surface area contributed by atoms with Crippen molar-refractivity contribution in [2.45, 2.75) is 52.4 Å². The van der Waals surface area contributed by atoms with Gasteiger partial charge in [0.1, 0.15) is 5.92 Å². The Hall–Kier alpha value is -2.22. The first-order valence-corrected chi connectivity index (χ1v) is 9.67. The molecule has 0 spiro atoms.